The van der Waals surface area contributed by atoms with Crippen molar-refractivity contribution in [2.75, 3.05) is 5.32 Å². The molecule has 2 atom stereocenters. The second-order valence-electron chi connectivity index (χ2n) is 6.16. The summed E-state index contributed by atoms with van der Waals surface area (Å²) in [5.41, 5.74) is 18.1. The van der Waals surface area contributed by atoms with Crippen LogP contribution in [0.5, 0.6) is 0 Å². The summed E-state index contributed by atoms with van der Waals surface area (Å²) < 4.78 is 0. The molecule has 1 aliphatic heterocycles. The Hall–Kier alpha value is -1.91. The number of para-hydroxylation sites is 1. The van der Waals surface area contributed by atoms with Crippen LogP contribution in [0.1, 0.15) is 25.0 Å². The van der Waals surface area contributed by atoms with Crippen LogP contribution in [0.4, 0.5) is 5.69 Å². The van der Waals surface area contributed by atoms with Crippen molar-refractivity contribution in [3.05, 3.63) is 65.2 Å². The van der Waals surface area contributed by atoms with E-state index in [0.717, 1.165) is 23.3 Å². The molecule has 23 heavy (non-hydrogen) atoms. The van der Waals surface area contributed by atoms with Crippen molar-refractivity contribution in [3.63, 3.8) is 0 Å². The zero-order valence-corrected chi connectivity index (χ0v) is 14.4. The fourth-order valence-corrected chi connectivity index (χ4v) is 3.88. The maximum Gasteiger partial charge on any atom is 0.0925 e. The predicted molar refractivity (Wildman–Crippen MR) is 100 cm³/mol. The molecule has 0 spiro atoms. The first-order valence-corrected chi connectivity index (χ1v) is 8.72. The number of hydrogen-bond acceptors (Lipinski definition) is 4. The van der Waals surface area contributed by atoms with Gasteiger partial charge in [-0.15, -0.1) is 0 Å². The standard InChI is InChI=1S/C19H23N3S/c1-12(2)18(21)14-7-5-6-13(10-14)11-15(20)19-22-16-8-3-4-9-17(16)23-19/h3-10,15,19,22H,11,20-21H2,1-2H3. The van der Waals surface area contributed by atoms with Crippen LogP contribution in [0.15, 0.2) is 59.0 Å². The average molecular weight is 325 g/mol. The fraction of sp³-hybridized carbons (Fsp3) is 0.263. The molecule has 0 saturated heterocycles. The minimum Gasteiger partial charge on any atom is -0.398 e. The van der Waals surface area contributed by atoms with Crippen molar-refractivity contribution in [1.29, 1.82) is 0 Å². The van der Waals surface area contributed by atoms with Crippen molar-refractivity contribution in [1.82, 2.24) is 0 Å². The van der Waals surface area contributed by atoms with Gasteiger partial charge in [0.15, 0.2) is 0 Å². The predicted octanol–water partition coefficient (Wildman–Crippen LogP) is 3.81. The molecule has 2 unspecified atom stereocenters. The Morgan fingerprint density at radius 1 is 1.17 bits per heavy atom. The molecule has 0 fully saturated rings. The Bertz CT molecular complexity index is 710. The first kappa shape index (κ1) is 16.0. The second-order valence-corrected chi connectivity index (χ2v) is 7.34. The normalized spacial score (nSPS) is 17.3. The van der Waals surface area contributed by atoms with Crippen molar-refractivity contribution >= 4 is 23.1 Å². The van der Waals surface area contributed by atoms with Gasteiger partial charge in [-0.3, -0.25) is 0 Å². The van der Waals surface area contributed by atoms with Crippen LogP contribution >= 0.6 is 11.8 Å². The topological polar surface area (TPSA) is 64.1 Å². The van der Waals surface area contributed by atoms with Gasteiger partial charge in [-0.2, -0.15) is 0 Å². The van der Waals surface area contributed by atoms with Gasteiger partial charge in [0.25, 0.3) is 0 Å². The third kappa shape index (κ3) is 3.54. The van der Waals surface area contributed by atoms with Crippen molar-refractivity contribution in [2.45, 2.75) is 36.6 Å². The lowest BCUT2D eigenvalue weighted by Crippen LogP contribution is -2.37. The van der Waals surface area contributed by atoms with E-state index in [1.54, 1.807) is 0 Å². The summed E-state index contributed by atoms with van der Waals surface area (Å²) in [4.78, 5) is 1.27. The van der Waals surface area contributed by atoms with E-state index in [-0.39, 0.29) is 11.4 Å². The first-order chi connectivity index (χ1) is 11.0. The molecule has 3 rings (SSSR count). The summed E-state index contributed by atoms with van der Waals surface area (Å²) in [6, 6.07) is 16.8. The molecule has 4 heteroatoms. The smallest absolute Gasteiger partial charge is 0.0925 e. The Labute approximate surface area is 142 Å². The van der Waals surface area contributed by atoms with Crippen molar-refractivity contribution in [3.8, 4) is 0 Å². The van der Waals surface area contributed by atoms with Gasteiger partial charge in [-0.1, -0.05) is 47.7 Å². The molecule has 0 amide bonds. The summed E-state index contributed by atoms with van der Waals surface area (Å²) in [5.74, 6) is 0. The number of anilines is 1. The number of fused-ring (bicyclic) bond motifs is 1. The zero-order chi connectivity index (χ0) is 16.4. The quantitative estimate of drug-likeness (QED) is 0.800. The van der Waals surface area contributed by atoms with E-state index in [1.807, 2.05) is 31.7 Å². The van der Waals surface area contributed by atoms with Gasteiger partial charge >= 0.3 is 0 Å². The van der Waals surface area contributed by atoms with E-state index in [9.17, 15) is 0 Å². The molecule has 3 nitrogen and oxygen atoms in total. The largest absolute Gasteiger partial charge is 0.398 e. The zero-order valence-electron chi connectivity index (χ0n) is 13.5. The first-order valence-electron chi connectivity index (χ1n) is 7.84. The van der Waals surface area contributed by atoms with E-state index < -0.39 is 0 Å². The average Bonchev–Trinajstić information content (AvgIpc) is 2.98. The summed E-state index contributed by atoms with van der Waals surface area (Å²) >= 11 is 1.81. The molecule has 0 radical (unpaired) electrons. The second kappa shape index (κ2) is 6.69. The Morgan fingerprint density at radius 3 is 2.70 bits per heavy atom. The van der Waals surface area contributed by atoms with Crippen LogP contribution in [-0.2, 0) is 6.42 Å². The van der Waals surface area contributed by atoms with Crippen LogP contribution in [0.3, 0.4) is 0 Å². The van der Waals surface area contributed by atoms with Crippen LogP contribution in [0, 0.1) is 0 Å². The van der Waals surface area contributed by atoms with Crippen molar-refractivity contribution < 1.29 is 0 Å². The van der Waals surface area contributed by atoms with Gasteiger partial charge in [0, 0.05) is 22.3 Å². The van der Waals surface area contributed by atoms with Gasteiger partial charge in [-0.25, -0.2) is 0 Å². The highest BCUT2D eigenvalue weighted by Crippen LogP contribution is 2.39. The molecule has 0 aromatic heterocycles. The highest BCUT2D eigenvalue weighted by Gasteiger charge is 2.26. The van der Waals surface area contributed by atoms with Crippen LogP contribution in [0.2, 0.25) is 0 Å². The maximum atomic E-state index is 6.45. The molecule has 5 N–H and O–H groups in total. The molecular weight excluding hydrogens is 302 g/mol. The molecule has 2 aromatic rings. The number of thioether (sulfide) groups is 1. The van der Waals surface area contributed by atoms with Crippen LogP contribution in [0.25, 0.3) is 5.70 Å². The molecule has 2 aromatic carbocycles. The minimum atomic E-state index is 0.0376. The van der Waals surface area contributed by atoms with E-state index in [2.05, 4.69) is 47.8 Å². The Kier molecular flexibility index (Phi) is 4.64. The molecule has 0 aliphatic carbocycles. The third-order valence-electron chi connectivity index (χ3n) is 4.08. The fourth-order valence-electron chi connectivity index (χ4n) is 2.74. The van der Waals surface area contributed by atoms with E-state index in [4.69, 9.17) is 11.5 Å². The van der Waals surface area contributed by atoms with Crippen LogP contribution < -0.4 is 16.8 Å². The molecule has 0 bridgehead atoms. The molecule has 0 saturated carbocycles. The van der Waals surface area contributed by atoms with Gasteiger partial charge < -0.3 is 16.8 Å². The lowest BCUT2D eigenvalue weighted by molar-refractivity contribution is 0.672. The van der Waals surface area contributed by atoms with E-state index in [0.29, 0.717) is 0 Å². The van der Waals surface area contributed by atoms with Gasteiger partial charge in [0.05, 0.1) is 5.37 Å². The SMILES string of the molecule is CC(C)=C(N)c1cccc(CC(N)C2Nc3ccccc3S2)c1. The summed E-state index contributed by atoms with van der Waals surface area (Å²) in [6.45, 7) is 4.06. The van der Waals surface area contributed by atoms with Crippen molar-refractivity contribution in [2.24, 2.45) is 11.5 Å². The number of nitrogens with one attached hydrogen (secondary N) is 1. The lowest BCUT2D eigenvalue weighted by atomic mass is 10.0. The highest BCUT2D eigenvalue weighted by molar-refractivity contribution is 8.00. The number of allylic oxidation sites excluding steroid dienone is 1. The maximum absolute atomic E-state index is 6.45. The summed E-state index contributed by atoms with van der Waals surface area (Å²) in [5, 5.41) is 3.72. The summed E-state index contributed by atoms with van der Waals surface area (Å²) in [7, 11) is 0. The number of benzene rings is 2. The van der Waals surface area contributed by atoms with E-state index in [1.165, 1.54) is 16.1 Å². The monoisotopic (exact) mass is 325 g/mol. The highest BCUT2D eigenvalue weighted by atomic mass is 32.2. The van der Waals surface area contributed by atoms with Gasteiger partial charge in [-0.05, 0) is 49.6 Å². The third-order valence-corrected chi connectivity index (χ3v) is 5.41. The van der Waals surface area contributed by atoms with Gasteiger partial charge in [0.1, 0.15) is 0 Å². The van der Waals surface area contributed by atoms with E-state index >= 15 is 0 Å². The summed E-state index contributed by atoms with van der Waals surface area (Å²) in [6.07, 6.45) is 0.822. The molecule has 1 heterocycles. The number of rotatable bonds is 4. The minimum absolute atomic E-state index is 0.0376. The number of nitrogens with two attached hydrogens (primary N) is 2. The van der Waals surface area contributed by atoms with Crippen LogP contribution in [-0.4, -0.2) is 11.4 Å². The Balaban J connectivity index is 1.71. The molecule has 120 valence electrons. The lowest BCUT2D eigenvalue weighted by Gasteiger charge is -2.19. The molecular formula is C19H23N3S. The molecule has 1 aliphatic rings. The van der Waals surface area contributed by atoms with Gasteiger partial charge in [0.2, 0.25) is 0 Å². The Morgan fingerprint density at radius 2 is 1.96 bits per heavy atom. The number of hydrogen-bond donors (Lipinski definition) is 3.